The van der Waals surface area contributed by atoms with E-state index in [4.69, 9.17) is 0 Å². The lowest BCUT2D eigenvalue weighted by atomic mass is 10.0. The van der Waals surface area contributed by atoms with Gasteiger partial charge in [0, 0.05) is 107 Å². The number of non-ortho nitro benzene ring substituents is 1. The molecule has 0 spiro atoms. The Morgan fingerprint density at radius 3 is 1.11 bits per heavy atom. The third-order valence-corrected chi connectivity index (χ3v) is 23.8. The van der Waals surface area contributed by atoms with Crippen LogP contribution < -0.4 is 66.3 Å². The van der Waals surface area contributed by atoms with Crippen molar-refractivity contribution in [2.24, 2.45) is 0 Å². The zero-order valence-electron chi connectivity index (χ0n) is 72.1. The van der Waals surface area contributed by atoms with Gasteiger partial charge in [-0.15, -0.1) is 0 Å². The summed E-state index contributed by atoms with van der Waals surface area (Å²) in [6.45, 7) is 22.6. The Balaban J connectivity index is 0.000000132. The predicted octanol–water partition coefficient (Wildman–Crippen LogP) is 9.47. The Bertz CT molecular complexity index is 7830. The Kier molecular flexibility index (Phi) is 26.4. The number of rotatable bonds is 24. The van der Waals surface area contributed by atoms with Gasteiger partial charge >= 0.3 is 22.8 Å². The van der Waals surface area contributed by atoms with Gasteiger partial charge in [0.25, 0.3) is 27.9 Å². The first-order chi connectivity index (χ1) is 62.0. The lowest BCUT2D eigenvalue weighted by Gasteiger charge is -2.18. The van der Waals surface area contributed by atoms with Gasteiger partial charge in [-0.1, -0.05) is 97.1 Å². The van der Waals surface area contributed by atoms with Crippen molar-refractivity contribution in [1.82, 2.24) is 104 Å². The Morgan fingerprint density at radius 1 is 0.364 bits per heavy atom. The normalized spacial score (nSPS) is 11.6. The molecule has 0 bridgehead atoms. The van der Waals surface area contributed by atoms with Gasteiger partial charge in [0.1, 0.15) is 0 Å². The minimum atomic E-state index is -3.27. The average molecular weight is 1750 g/mol. The van der Waals surface area contributed by atoms with Gasteiger partial charge < -0.3 is 44.5 Å². The summed E-state index contributed by atoms with van der Waals surface area (Å²) in [6, 6.07) is 56.0. The highest BCUT2D eigenvalue weighted by Gasteiger charge is 2.25. The molecular formula is C94H92N22O12S. The smallest absolute Gasteiger partial charge is 0.349 e. The van der Waals surface area contributed by atoms with E-state index in [0.29, 0.717) is 106 Å². The summed E-state index contributed by atoms with van der Waals surface area (Å²) in [6.07, 6.45) is 4.13. The number of aromatic amines is 5. The number of fused-ring (bicyclic) bond motifs is 9. The van der Waals surface area contributed by atoms with Crippen LogP contribution >= 0.6 is 0 Å². The van der Waals surface area contributed by atoms with Crippen molar-refractivity contribution in [1.29, 1.82) is 0 Å². The molecule has 8 aliphatic rings. The molecule has 0 amide bonds. The summed E-state index contributed by atoms with van der Waals surface area (Å²) in [7, 11) is -3.27. The van der Waals surface area contributed by atoms with Crippen LogP contribution in [0.4, 0.5) is 5.69 Å². The van der Waals surface area contributed by atoms with Gasteiger partial charge in [0.2, 0.25) is 0 Å². The van der Waals surface area contributed by atoms with Gasteiger partial charge in [0.05, 0.1) is 54.0 Å². The third-order valence-electron chi connectivity index (χ3n) is 22.7. The highest BCUT2D eigenvalue weighted by molar-refractivity contribution is 7.90. The molecule has 9 heterocycles. The standard InChI is InChI=1S/C27H25N5O2.C24H24N6O2.C22H23N5O4S.C21H20N6O4/c1-17-14-22-23(15-18(17)2)32(25-24(29-22)26(33)31-27(34)30-25)13-12-28-16-19-8-10-21(11-9-19)20-6-4-3-5-7-20;1-14-11-19-20(12-15(14)2)30(22-21(27-19)23(31)29-24(32)28-22)10-9-25-8-7-16-13-26-18-6-4-3-5-17(16)18;1-13-9-17-18(10-14(13)2)27(20-19(24-17)21(28)26-22(29)25-20)8-7-23-12-15-5-4-6-16(11-15)32(3,30)31;1-12-8-16-17(9-13(12)2)26(19-18(23-16)20(28)25-21(29)24-19)7-6-22-11-14-4-3-5-15(10-14)27(30)31/h3-11,14-15,28H,12-13,16H2,1-2H3,(H,31,33,34);3-6,11-13,25-26H,7-10H2,1-2H3,(H,29,31,32);4-6,9-11,23H,7-8,12H2,1-3H3,(H,26,28,29);3-5,8-10,22H,6-7,11H2,1-2H3,(H,25,28,29). The topological polar surface area (TPSA) is 464 Å². The quantitative estimate of drug-likeness (QED) is 0.0118. The molecule has 10 aromatic rings. The fraction of sp³-hybridized carbons (Fsp3) is 0.234. The van der Waals surface area contributed by atoms with Crippen molar-refractivity contribution in [3.63, 3.8) is 0 Å². The number of nitro groups is 1. The summed E-state index contributed by atoms with van der Waals surface area (Å²) in [4.78, 5) is 154. The van der Waals surface area contributed by atoms with Crippen molar-refractivity contribution in [2.75, 3.05) is 39.0 Å². The number of H-pyrrole nitrogens is 5. The maximum Gasteiger partial charge on any atom is 0.349 e. The van der Waals surface area contributed by atoms with Gasteiger partial charge in [-0.05, 0) is 213 Å². The second kappa shape index (κ2) is 38.3. The van der Waals surface area contributed by atoms with Crippen molar-refractivity contribution >= 4 is 70.6 Å². The van der Waals surface area contributed by atoms with E-state index in [1.165, 1.54) is 46.0 Å². The monoisotopic (exact) mass is 1750 g/mol. The fourth-order valence-corrected chi connectivity index (χ4v) is 16.1. The van der Waals surface area contributed by atoms with Crippen molar-refractivity contribution in [3.8, 4) is 57.2 Å². The van der Waals surface area contributed by atoms with Crippen molar-refractivity contribution < 1.29 is 13.3 Å². The van der Waals surface area contributed by atoms with Crippen LogP contribution in [0.5, 0.6) is 0 Å². The molecule has 8 aliphatic heterocycles. The third kappa shape index (κ3) is 20.2. The molecule has 0 unspecified atom stereocenters. The number of hydrogen-bond acceptors (Lipinski definition) is 24. The van der Waals surface area contributed by atoms with E-state index in [2.05, 4.69) is 141 Å². The minimum Gasteiger partial charge on any atom is -0.361 e. The molecule has 0 radical (unpaired) electrons. The van der Waals surface area contributed by atoms with Gasteiger partial charge in [-0.25, -0.2) is 47.5 Å². The molecule has 0 atom stereocenters. The number of nitrogens with one attached hydrogen (secondary N) is 9. The summed E-state index contributed by atoms with van der Waals surface area (Å²) in [5, 5.41) is 25.6. The SMILES string of the molecule is Cc1cc2nc3c(=O)[nH]c(=O)nc-3n(CCNCCc3c[nH]c4ccccc34)c2cc1C.Cc1cc2nc3c(=O)[nH]c(=O)nc-3n(CCNCc3ccc(-c4ccccc4)cc3)c2cc1C.Cc1cc2nc3c(=O)[nH]c(=O)nc-3n(CCNCc3cccc(S(C)(=O)=O)c3)c2cc1C.Cc1cc2nc3c(=O)[nH]c(=O)nc-3n(CCNCc3cccc([N+](=O)[O-])c3)c2cc1C. The van der Waals surface area contributed by atoms with Gasteiger partial charge in [0.15, 0.2) is 55.9 Å². The first-order valence-electron chi connectivity index (χ1n) is 41.7. The number of nitrogens with zero attached hydrogens (tertiary/aromatic N) is 13. The fourth-order valence-electron chi connectivity index (χ4n) is 15.4. The maximum atomic E-state index is 12.4. The number of nitro benzene ring substituents is 1. The summed E-state index contributed by atoms with van der Waals surface area (Å²) in [5.74, 6) is 1.07. The number of aryl methyl sites for hydroxylation is 8. The molecule has 34 nitrogen and oxygen atoms in total. The summed E-state index contributed by atoms with van der Waals surface area (Å²) >= 11 is 0. The number of benzene rings is 9. The Morgan fingerprint density at radius 2 is 0.713 bits per heavy atom. The van der Waals surface area contributed by atoms with Gasteiger partial charge in [-0.3, -0.25) is 49.2 Å². The second-order valence-electron chi connectivity index (χ2n) is 31.7. The molecule has 0 saturated carbocycles. The minimum absolute atomic E-state index is 0.0389. The zero-order chi connectivity index (χ0) is 91.1. The van der Waals surface area contributed by atoms with Crippen LogP contribution in [-0.2, 0) is 62.1 Å². The molecule has 0 aliphatic carbocycles. The zero-order valence-corrected chi connectivity index (χ0v) is 73.0. The van der Waals surface area contributed by atoms with Crippen LogP contribution in [0, 0.1) is 65.5 Å². The lowest BCUT2D eigenvalue weighted by Crippen LogP contribution is -2.30. The average Bonchev–Trinajstić information content (AvgIpc) is 1.03. The van der Waals surface area contributed by atoms with Crippen molar-refractivity contribution in [2.45, 2.75) is 113 Å². The number of aromatic nitrogens is 17. The van der Waals surface area contributed by atoms with Crippen LogP contribution in [0.2, 0.25) is 0 Å². The van der Waals surface area contributed by atoms with E-state index in [0.717, 1.165) is 96.2 Å². The van der Waals surface area contributed by atoms with E-state index < -0.39 is 59.8 Å². The molecule has 1 aromatic heterocycles. The molecule has 35 heteroatoms. The molecule has 129 heavy (non-hydrogen) atoms. The van der Waals surface area contributed by atoms with E-state index in [-0.39, 0.29) is 45.0 Å². The highest BCUT2D eigenvalue weighted by Crippen LogP contribution is 2.30. The summed E-state index contributed by atoms with van der Waals surface area (Å²) in [5.41, 5.74) is 17.8. The number of sulfone groups is 1. The Labute approximate surface area is 735 Å². The van der Waals surface area contributed by atoms with Crippen LogP contribution in [0.3, 0.4) is 0 Å². The first-order valence-corrected chi connectivity index (χ1v) is 43.6. The number of para-hydroxylation sites is 1. The van der Waals surface area contributed by atoms with Crippen molar-refractivity contribution in [3.05, 3.63) is 342 Å². The summed E-state index contributed by atoms with van der Waals surface area (Å²) < 4.78 is 31.0. The van der Waals surface area contributed by atoms with E-state index >= 15 is 0 Å². The first kappa shape index (κ1) is 88.7. The van der Waals surface area contributed by atoms with Crippen LogP contribution in [0.25, 0.3) is 112 Å². The van der Waals surface area contributed by atoms with E-state index in [9.17, 15) is 56.9 Å². The highest BCUT2D eigenvalue weighted by atomic mass is 32.2. The molecule has 0 fully saturated rings. The Hall–Kier alpha value is -15.2. The van der Waals surface area contributed by atoms with E-state index in [1.54, 1.807) is 34.9 Å². The molecule has 18 rings (SSSR count). The van der Waals surface area contributed by atoms with Gasteiger partial charge in [-0.2, -0.15) is 19.9 Å². The van der Waals surface area contributed by atoms with Crippen LogP contribution in [0.15, 0.2) is 225 Å². The molecular weight excluding hydrogens is 1660 g/mol. The molecule has 9 N–H and O–H groups in total. The molecule has 656 valence electrons. The largest absolute Gasteiger partial charge is 0.361 e. The second-order valence-corrected chi connectivity index (χ2v) is 33.7. The van der Waals surface area contributed by atoms with E-state index in [1.807, 2.05) is 154 Å². The van der Waals surface area contributed by atoms with Crippen LogP contribution in [0.1, 0.15) is 66.8 Å². The van der Waals surface area contributed by atoms with Crippen LogP contribution in [-0.4, -0.2) is 135 Å². The lowest BCUT2D eigenvalue weighted by molar-refractivity contribution is -0.384. The molecule has 9 aromatic carbocycles. The maximum absolute atomic E-state index is 12.4. The molecule has 0 saturated heterocycles. The predicted molar refractivity (Wildman–Crippen MR) is 497 cm³/mol. The number of hydrogen-bond donors (Lipinski definition) is 9.